The molecule has 4 aromatic rings. The second-order valence-electron chi connectivity index (χ2n) is 8.83. The van der Waals surface area contributed by atoms with E-state index in [0.29, 0.717) is 24.0 Å². The molecule has 9 heteroatoms. The number of carbonyl (C=O) groups excluding carboxylic acids is 1. The Morgan fingerprint density at radius 3 is 2.58 bits per heavy atom. The third-order valence-corrected chi connectivity index (χ3v) is 6.50. The van der Waals surface area contributed by atoms with Gasteiger partial charge in [-0.2, -0.15) is 9.97 Å². The number of imidazole rings is 1. The van der Waals surface area contributed by atoms with Crippen molar-refractivity contribution in [2.45, 2.75) is 26.7 Å². The first kappa shape index (κ1) is 23.6. The van der Waals surface area contributed by atoms with E-state index in [1.54, 1.807) is 6.33 Å². The van der Waals surface area contributed by atoms with Gasteiger partial charge in [0.25, 0.3) is 0 Å². The summed E-state index contributed by atoms with van der Waals surface area (Å²) in [6, 6.07) is 17.4. The molecule has 1 aliphatic rings. The highest BCUT2D eigenvalue weighted by atomic mass is 16.5. The molecule has 3 heterocycles. The molecular formula is C27H31N7O2. The summed E-state index contributed by atoms with van der Waals surface area (Å²) in [6.45, 7) is 6.92. The molecule has 0 aliphatic carbocycles. The summed E-state index contributed by atoms with van der Waals surface area (Å²) in [5, 5.41) is 3.39. The lowest BCUT2D eigenvalue weighted by Crippen LogP contribution is -2.45. The van der Waals surface area contributed by atoms with E-state index in [1.165, 1.54) is 0 Å². The predicted molar refractivity (Wildman–Crippen MR) is 141 cm³/mol. The quantitative estimate of drug-likeness (QED) is 0.363. The number of nitrogens with one attached hydrogen (secondary N) is 2. The lowest BCUT2D eigenvalue weighted by molar-refractivity contribution is -0.135. The van der Waals surface area contributed by atoms with Gasteiger partial charge in [0.2, 0.25) is 11.9 Å². The number of nitrogens with zero attached hydrogens (tertiary/aromatic N) is 5. The number of piperidine rings is 1. The third kappa shape index (κ3) is 5.10. The highest BCUT2D eigenvalue weighted by molar-refractivity contribution is 5.86. The molecule has 0 bridgehead atoms. The minimum Gasteiger partial charge on any atom is -0.457 e. The highest BCUT2D eigenvalue weighted by Crippen LogP contribution is 2.29. The Bertz CT molecular complexity index is 1300. The van der Waals surface area contributed by atoms with Crippen molar-refractivity contribution in [2.75, 3.05) is 36.4 Å². The number of aromatic amines is 1. The number of amides is 1. The number of fused-ring (bicyclic) bond motifs is 1. The summed E-state index contributed by atoms with van der Waals surface area (Å²) in [5.74, 6) is 2.92. The molecule has 1 unspecified atom stereocenters. The Labute approximate surface area is 210 Å². The number of hydrogen-bond acceptors (Lipinski definition) is 7. The van der Waals surface area contributed by atoms with Crippen LogP contribution in [-0.4, -0.2) is 56.9 Å². The maximum Gasteiger partial charge on any atom is 0.229 e. The number of para-hydroxylation sites is 1. The van der Waals surface area contributed by atoms with E-state index in [0.717, 1.165) is 55.2 Å². The fourth-order valence-corrected chi connectivity index (χ4v) is 4.58. The van der Waals surface area contributed by atoms with Gasteiger partial charge in [-0.25, -0.2) is 4.98 Å². The van der Waals surface area contributed by atoms with Crippen molar-refractivity contribution < 1.29 is 9.53 Å². The molecule has 0 radical (unpaired) electrons. The average Bonchev–Trinajstić information content (AvgIpc) is 3.40. The smallest absolute Gasteiger partial charge is 0.229 e. The van der Waals surface area contributed by atoms with Gasteiger partial charge < -0.3 is 24.8 Å². The van der Waals surface area contributed by atoms with E-state index in [1.807, 2.05) is 73.3 Å². The van der Waals surface area contributed by atoms with Crippen LogP contribution in [0.5, 0.6) is 11.5 Å². The zero-order valence-electron chi connectivity index (χ0n) is 20.6. The van der Waals surface area contributed by atoms with Crippen LogP contribution in [-0.2, 0) is 4.79 Å². The van der Waals surface area contributed by atoms with E-state index in [-0.39, 0.29) is 11.8 Å². The van der Waals surface area contributed by atoms with Gasteiger partial charge in [-0.3, -0.25) is 4.79 Å². The van der Waals surface area contributed by atoms with Crippen LogP contribution < -0.4 is 15.0 Å². The van der Waals surface area contributed by atoms with Crippen molar-refractivity contribution in [2.24, 2.45) is 5.92 Å². The van der Waals surface area contributed by atoms with Gasteiger partial charge in [0.15, 0.2) is 11.5 Å². The van der Waals surface area contributed by atoms with Crippen LogP contribution in [0.1, 0.15) is 26.7 Å². The van der Waals surface area contributed by atoms with Crippen molar-refractivity contribution in [3.05, 3.63) is 60.9 Å². The van der Waals surface area contributed by atoms with E-state index >= 15 is 0 Å². The summed E-state index contributed by atoms with van der Waals surface area (Å²) in [7, 11) is 0. The molecule has 0 saturated carbocycles. The van der Waals surface area contributed by atoms with Crippen LogP contribution in [0.25, 0.3) is 11.2 Å². The second kappa shape index (κ2) is 10.6. The standard InChI is InChI=1S/C27H31N7O2/c1-3-33(4-2)26(35)19-9-8-16-34(17-19)27-31-24-23(28-18-29-24)25(32-27)30-20-12-14-22(15-13-20)36-21-10-6-5-7-11-21/h5-7,10-15,18-19H,3-4,8-9,16-17H2,1-2H3,(H2,28,29,30,31,32). The van der Waals surface area contributed by atoms with E-state index < -0.39 is 0 Å². The lowest BCUT2D eigenvalue weighted by Gasteiger charge is -2.34. The normalized spacial score (nSPS) is 15.6. The first-order valence-electron chi connectivity index (χ1n) is 12.5. The molecule has 1 aliphatic heterocycles. The van der Waals surface area contributed by atoms with Gasteiger partial charge in [0.05, 0.1) is 12.2 Å². The maximum absolute atomic E-state index is 13.0. The molecule has 1 saturated heterocycles. The van der Waals surface area contributed by atoms with Crippen molar-refractivity contribution in [3.8, 4) is 11.5 Å². The van der Waals surface area contributed by atoms with Crippen LogP contribution in [0.2, 0.25) is 0 Å². The van der Waals surface area contributed by atoms with Gasteiger partial charge in [0, 0.05) is 31.9 Å². The first-order valence-corrected chi connectivity index (χ1v) is 12.5. The number of anilines is 3. The number of aromatic nitrogens is 4. The number of hydrogen-bond donors (Lipinski definition) is 2. The number of H-pyrrole nitrogens is 1. The molecule has 2 N–H and O–H groups in total. The monoisotopic (exact) mass is 485 g/mol. The molecule has 2 aromatic carbocycles. The van der Waals surface area contributed by atoms with Gasteiger partial charge in [-0.05, 0) is 63.1 Å². The fraction of sp³-hybridized carbons (Fsp3) is 0.333. The Balaban J connectivity index is 1.35. The third-order valence-electron chi connectivity index (χ3n) is 6.50. The predicted octanol–water partition coefficient (Wildman–Crippen LogP) is 4.97. The van der Waals surface area contributed by atoms with Crippen LogP contribution in [0.4, 0.5) is 17.5 Å². The zero-order valence-corrected chi connectivity index (χ0v) is 20.6. The minimum atomic E-state index is -0.0503. The van der Waals surface area contributed by atoms with Gasteiger partial charge in [-0.1, -0.05) is 18.2 Å². The van der Waals surface area contributed by atoms with Crippen LogP contribution in [0.15, 0.2) is 60.9 Å². The highest BCUT2D eigenvalue weighted by Gasteiger charge is 2.30. The van der Waals surface area contributed by atoms with Crippen LogP contribution >= 0.6 is 0 Å². The topological polar surface area (TPSA) is 99.3 Å². The maximum atomic E-state index is 13.0. The zero-order chi connectivity index (χ0) is 24.9. The Hall–Kier alpha value is -4.14. The molecule has 9 nitrogen and oxygen atoms in total. The Morgan fingerprint density at radius 1 is 1.08 bits per heavy atom. The number of benzene rings is 2. The average molecular weight is 486 g/mol. The minimum absolute atomic E-state index is 0.0503. The Kier molecular flexibility index (Phi) is 6.97. The summed E-state index contributed by atoms with van der Waals surface area (Å²) >= 11 is 0. The van der Waals surface area contributed by atoms with Gasteiger partial charge >= 0.3 is 0 Å². The number of rotatable bonds is 8. The second-order valence-corrected chi connectivity index (χ2v) is 8.83. The summed E-state index contributed by atoms with van der Waals surface area (Å²) in [4.78, 5) is 34.0. The molecule has 1 atom stereocenters. The molecule has 5 rings (SSSR count). The SMILES string of the molecule is CCN(CC)C(=O)C1CCCN(c2nc(Nc3ccc(Oc4ccccc4)cc3)c3[nH]cnc3n2)C1. The van der Waals surface area contributed by atoms with Crippen LogP contribution in [0, 0.1) is 5.92 Å². The van der Waals surface area contributed by atoms with Gasteiger partial charge in [-0.15, -0.1) is 0 Å². The van der Waals surface area contributed by atoms with E-state index in [2.05, 4.69) is 25.2 Å². The molecule has 36 heavy (non-hydrogen) atoms. The number of ether oxygens (including phenoxy) is 1. The van der Waals surface area contributed by atoms with E-state index in [9.17, 15) is 4.79 Å². The molecule has 1 fully saturated rings. The summed E-state index contributed by atoms with van der Waals surface area (Å²) < 4.78 is 5.89. The van der Waals surface area contributed by atoms with E-state index in [4.69, 9.17) is 9.72 Å². The molecule has 1 amide bonds. The largest absolute Gasteiger partial charge is 0.457 e. The summed E-state index contributed by atoms with van der Waals surface area (Å²) in [6.07, 6.45) is 3.43. The van der Waals surface area contributed by atoms with Crippen molar-refractivity contribution in [1.29, 1.82) is 0 Å². The van der Waals surface area contributed by atoms with Crippen molar-refractivity contribution in [3.63, 3.8) is 0 Å². The van der Waals surface area contributed by atoms with Crippen molar-refractivity contribution in [1.82, 2.24) is 24.8 Å². The molecular weight excluding hydrogens is 454 g/mol. The van der Waals surface area contributed by atoms with Crippen molar-refractivity contribution >= 4 is 34.5 Å². The first-order chi connectivity index (χ1) is 17.6. The fourth-order valence-electron chi connectivity index (χ4n) is 4.58. The molecule has 186 valence electrons. The van der Waals surface area contributed by atoms with Gasteiger partial charge in [0.1, 0.15) is 17.0 Å². The lowest BCUT2D eigenvalue weighted by atomic mass is 9.96. The number of carbonyl (C=O) groups is 1. The Morgan fingerprint density at radius 2 is 1.83 bits per heavy atom. The molecule has 0 spiro atoms. The summed E-state index contributed by atoms with van der Waals surface area (Å²) in [5.41, 5.74) is 2.18. The molecule has 2 aromatic heterocycles. The van der Waals surface area contributed by atoms with Crippen LogP contribution in [0.3, 0.4) is 0 Å².